The Labute approximate surface area is 123 Å². The molecule has 3 nitrogen and oxygen atoms in total. The van der Waals surface area contributed by atoms with Crippen LogP contribution >= 0.6 is 0 Å². The Balaban J connectivity index is 2.29. The zero-order valence-corrected chi connectivity index (χ0v) is 13.3. The van der Waals surface area contributed by atoms with Gasteiger partial charge in [0.15, 0.2) is 0 Å². The van der Waals surface area contributed by atoms with Crippen LogP contribution < -0.4 is 5.32 Å². The summed E-state index contributed by atoms with van der Waals surface area (Å²) >= 11 is 0. The SMILES string of the molecule is CCNC(C)(C)C(=O)N(C)CCCCc1ccccc1. The maximum absolute atomic E-state index is 12.3. The molecule has 1 amide bonds. The van der Waals surface area contributed by atoms with Crippen LogP contribution in [0.1, 0.15) is 39.2 Å². The van der Waals surface area contributed by atoms with Crippen molar-refractivity contribution in [3.63, 3.8) is 0 Å². The lowest BCUT2D eigenvalue weighted by Crippen LogP contribution is -2.53. The average molecular weight is 276 g/mol. The molecule has 0 bridgehead atoms. The molecule has 0 aliphatic heterocycles. The summed E-state index contributed by atoms with van der Waals surface area (Å²) in [4.78, 5) is 14.1. The van der Waals surface area contributed by atoms with Crippen LogP contribution in [-0.4, -0.2) is 36.5 Å². The minimum atomic E-state index is -0.469. The monoisotopic (exact) mass is 276 g/mol. The van der Waals surface area contributed by atoms with E-state index in [1.54, 1.807) is 0 Å². The average Bonchev–Trinajstić information content (AvgIpc) is 2.43. The second-order valence-electron chi connectivity index (χ2n) is 5.82. The largest absolute Gasteiger partial charge is 0.344 e. The minimum absolute atomic E-state index is 0.166. The topological polar surface area (TPSA) is 32.3 Å². The third kappa shape index (κ3) is 5.33. The molecule has 1 aromatic rings. The van der Waals surface area contributed by atoms with Crippen molar-refractivity contribution < 1.29 is 4.79 Å². The highest BCUT2D eigenvalue weighted by Gasteiger charge is 2.28. The maximum atomic E-state index is 12.3. The lowest BCUT2D eigenvalue weighted by Gasteiger charge is -2.30. The molecule has 0 aliphatic rings. The van der Waals surface area contributed by atoms with Gasteiger partial charge in [-0.25, -0.2) is 0 Å². The number of likely N-dealkylation sites (N-methyl/N-ethyl adjacent to an activating group) is 2. The van der Waals surface area contributed by atoms with Crippen LogP contribution in [0.5, 0.6) is 0 Å². The maximum Gasteiger partial charge on any atom is 0.242 e. The number of unbranched alkanes of at least 4 members (excludes halogenated alkanes) is 1. The second-order valence-corrected chi connectivity index (χ2v) is 5.82. The fraction of sp³-hybridized carbons (Fsp3) is 0.588. The predicted molar refractivity (Wildman–Crippen MR) is 84.8 cm³/mol. The van der Waals surface area contributed by atoms with Crippen LogP contribution in [0.4, 0.5) is 0 Å². The number of carbonyl (C=O) groups is 1. The summed E-state index contributed by atoms with van der Waals surface area (Å²) in [7, 11) is 1.89. The molecule has 0 atom stereocenters. The number of rotatable bonds is 8. The molecular formula is C17H28N2O. The summed E-state index contributed by atoms with van der Waals surface area (Å²) in [6.45, 7) is 7.54. The fourth-order valence-corrected chi connectivity index (χ4v) is 2.42. The Kier molecular flexibility index (Phi) is 6.73. The first-order chi connectivity index (χ1) is 9.47. The van der Waals surface area contributed by atoms with Gasteiger partial charge in [-0.1, -0.05) is 37.3 Å². The van der Waals surface area contributed by atoms with Gasteiger partial charge in [-0.2, -0.15) is 0 Å². The highest BCUT2D eigenvalue weighted by molar-refractivity contribution is 5.85. The number of carbonyl (C=O) groups excluding carboxylic acids is 1. The molecule has 0 saturated carbocycles. The summed E-state index contributed by atoms with van der Waals surface area (Å²) in [5, 5.41) is 3.23. The molecule has 20 heavy (non-hydrogen) atoms. The Bertz CT molecular complexity index is 401. The van der Waals surface area contributed by atoms with Gasteiger partial charge < -0.3 is 10.2 Å². The van der Waals surface area contributed by atoms with E-state index in [4.69, 9.17) is 0 Å². The zero-order chi connectivity index (χ0) is 15.0. The molecule has 0 aromatic heterocycles. The van der Waals surface area contributed by atoms with Gasteiger partial charge in [-0.3, -0.25) is 4.79 Å². The van der Waals surface area contributed by atoms with E-state index in [1.807, 2.05) is 38.8 Å². The normalized spacial score (nSPS) is 11.4. The molecule has 1 rings (SSSR count). The van der Waals surface area contributed by atoms with Gasteiger partial charge in [0.05, 0.1) is 5.54 Å². The van der Waals surface area contributed by atoms with Gasteiger partial charge in [-0.15, -0.1) is 0 Å². The highest BCUT2D eigenvalue weighted by atomic mass is 16.2. The third-order valence-electron chi connectivity index (χ3n) is 3.55. The minimum Gasteiger partial charge on any atom is -0.344 e. The van der Waals surface area contributed by atoms with Crippen molar-refractivity contribution in [1.29, 1.82) is 0 Å². The molecular weight excluding hydrogens is 248 g/mol. The molecule has 0 radical (unpaired) electrons. The molecule has 0 unspecified atom stereocenters. The van der Waals surface area contributed by atoms with Crippen LogP contribution in [0.2, 0.25) is 0 Å². The summed E-state index contributed by atoms with van der Waals surface area (Å²) in [5.74, 6) is 0.166. The van der Waals surface area contributed by atoms with E-state index < -0.39 is 5.54 Å². The van der Waals surface area contributed by atoms with Crippen molar-refractivity contribution in [3.05, 3.63) is 35.9 Å². The van der Waals surface area contributed by atoms with E-state index in [0.29, 0.717) is 0 Å². The number of nitrogens with one attached hydrogen (secondary N) is 1. The van der Waals surface area contributed by atoms with Crippen molar-refractivity contribution in [2.45, 2.75) is 45.6 Å². The summed E-state index contributed by atoms with van der Waals surface area (Å²) in [6.07, 6.45) is 3.24. The number of hydrogen-bond donors (Lipinski definition) is 1. The molecule has 0 saturated heterocycles. The Morgan fingerprint density at radius 2 is 1.85 bits per heavy atom. The summed E-state index contributed by atoms with van der Waals surface area (Å²) < 4.78 is 0. The lowest BCUT2D eigenvalue weighted by molar-refractivity contribution is -0.135. The molecule has 3 heteroatoms. The standard InChI is InChI=1S/C17H28N2O/c1-5-18-17(2,3)16(20)19(4)14-10-9-13-15-11-7-6-8-12-15/h6-8,11-12,18H,5,9-10,13-14H2,1-4H3. The highest BCUT2D eigenvalue weighted by Crippen LogP contribution is 2.09. The number of aryl methyl sites for hydroxylation is 1. The van der Waals surface area contributed by atoms with Gasteiger partial charge >= 0.3 is 0 Å². The van der Waals surface area contributed by atoms with Crippen molar-refractivity contribution in [3.8, 4) is 0 Å². The van der Waals surface area contributed by atoms with E-state index in [0.717, 1.165) is 32.4 Å². The molecule has 0 heterocycles. The van der Waals surface area contributed by atoms with Crippen LogP contribution in [0.3, 0.4) is 0 Å². The summed E-state index contributed by atoms with van der Waals surface area (Å²) in [6, 6.07) is 10.5. The Hall–Kier alpha value is -1.35. The fourth-order valence-electron chi connectivity index (χ4n) is 2.42. The molecule has 0 spiro atoms. The van der Waals surface area contributed by atoms with Crippen molar-refractivity contribution >= 4 is 5.91 Å². The van der Waals surface area contributed by atoms with Crippen molar-refractivity contribution in [1.82, 2.24) is 10.2 Å². The third-order valence-corrected chi connectivity index (χ3v) is 3.55. The first-order valence-electron chi connectivity index (χ1n) is 7.52. The lowest BCUT2D eigenvalue weighted by atomic mass is 10.0. The Morgan fingerprint density at radius 1 is 1.20 bits per heavy atom. The van der Waals surface area contributed by atoms with E-state index in [-0.39, 0.29) is 5.91 Å². The second kappa shape index (κ2) is 8.05. The Morgan fingerprint density at radius 3 is 2.45 bits per heavy atom. The van der Waals surface area contributed by atoms with Crippen LogP contribution in [-0.2, 0) is 11.2 Å². The number of amides is 1. The first-order valence-corrected chi connectivity index (χ1v) is 7.52. The van der Waals surface area contributed by atoms with Crippen LogP contribution in [0, 0.1) is 0 Å². The molecule has 112 valence electrons. The van der Waals surface area contributed by atoms with Crippen LogP contribution in [0.25, 0.3) is 0 Å². The molecule has 1 N–H and O–H groups in total. The molecule has 0 aliphatic carbocycles. The number of hydrogen-bond acceptors (Lipinski definition) is 2. The molecule has 0 fully saturated rings. The van der Waals surface area contributed by atoms with Crippen molar-refractivity contribution in [2.75, 3.05) is 20.1 Å². The van der Waals surface area contributed by atoms with Gasteiger partial charge in [0, 0.05) is 13.6 Å². The van der Waals surface area contributed by atoms with E-state index >= 15 is 0 Å². The van der Waals surface area contributed by atoms with Crippen LogP contribution in [0.15, 0.2) is 30.3 Å². The predicted octanol–water partition coefficient (Wildman–Crippen LogP) is 2.86. The van der Waals surface area contributed by atoms with Crippen molar-refractivity contribution in [2.24, 2.45) is 0 Å². The van der Waals surface area contributed by atoms with Gasteiger partial charge in [0.2, 0.25) is 5.91 Å². The quantitative estimate of drug-likeness (QED) is 0.741. The number of benzene rings is 1. The van der Waals surface area contributed by atoms with Gasteiger partial charge in [0.25, 0.3) is 0 Å². The van der Waals surface area contributed by atoms with Gasteiger partial charge in [0.1, 0.15) is 0 Å². The number of nitrogens with zero attached hydrogens (tertiary/aromatic N) is 1. The summed E-state index contributed by atoms with van der Waals surface area (Å²) in [5.41, 5.74) is 0.901. The first kappa shape index (κ1) is 16.7. The van der Waals surface area contributed by atoms with E-state index in [1.165, 1.54) is 5.56 Å². The smallest absolute Gasteiger partial charge is 0.242 e. The van der Waals surface area contributed by atoms with E-state index in [2.05, 4.69) is 29.6 Å². The zero-order valence-electron chi connectivity index (χ0n) is 13.3. The van der Waals surface area contributed by atoms with Gasteiger partial charge in [-0.05, 0) is 45.2 Å². The van der Waals surface area contributed by atoms with E-state index in [9.17, 15) is 4.79 Å². The molecule has 1 aromatic carbocycles.